The van der Waals surface area contributed by atoms with Crippen molar-refractivity contribution in [3.63, 3.8) is 0 Å². The molecule has 1 fully saturated rings. The van der Waals surface area contributed by atoms with Crippen LogP contribution in [0.25, 0.3) is 0 Å². The zero-order valence-corrected chi connectivity index (χ0v) is 11.4. The van der Waals surface area contributed by atoms with Crippen LogP contribution in [0.3, 0.4) is 0 Å². The third-order valence-electron chi connectivity index (χ3n) is 3.19. The summed E-state index contributed by atoms with van der Waals surface area (Å²) in [5, 5.41) is 11.4. The van der Waals surface area contributed by atoms with Gasteiger partial charge in [0.2, 0.25) is 5.91 Å². The molecule has 0 spiro atoms. The molecule has 0 aromatic heterocycles. The van der Waals surface area contributed by atoms with Crippen LogP contribution in [0.2, 0.25) is 0 Å². The number of carbonyl (C=O) groups is 3. The van der Waals surface area contributed by atoms with Crippen LogP contribution in [-0.4, -0.2) is 66.0 Å². The van der Waals surface area contributed by atoms with Crippen molar-refractivity contribution in [2.45, 2.75) is 31.7 Å². The predicted octanol–water partition coefficient (Wildman–Crippen LogP) is 0.113. The summed E-state index contributed by atoms with van der Waals surface area (Å²) in [5.74, 6) is -0.762. The molecule has 1 heterocycles. The maximum atomic E-state index is 11.8. The normalized spacial score (nSPS) is 19.2. The highest BCUT2D eigenvalue weighted by Gasteiger charge is 2.24. The molecule has 0 saturated carbocycles. The van der Waals surface area contributed by atoms with Crippen LogP contribution in [0.1, 0.15) is 25.7 Å². The van der Waals surface area contributed by atoms with Crippen LogP contribution in [0.4, 0.5) is 4.79 Å². The number of nitrogens with one attached hydrogen (secondary N) is 1. The van der Waals surface area contributed by atoms with Crippen molar-refractivity contribution in [2.75, 3.05) is 27.2 Å². The Kier molecular flexibility index (Phi) is 5.59. The van der Waals surface area contributed by atoms with Crippen LogP contribution >= 0.6 is 0 Å². The zero-order valence-electron chi connectivity index (χ0n) is 11.4. The summed E-state index contributed by atoms with van der Waals surface area (Å²) in [6.07, 6.45) is 1.59. The summed E-state index contributed by atoms with van der Waals surface area (Å²) in [4.78, 5) is 36.6. The summed E-state index contributed by atoms with van der Waals surface area (Å²) in [6.45, 7) is 0.924. The Morgan fingerprint density at radius 3 is 2.79 bits per heavy atom. The van der Waals surface area contributed by atoms with Crippen LogP contribution < -0.4 is 5.32 Å². The predicted molar refractivity (Wildman–Crippen MR) is 68.7 cm³/mol. The molecule has 0 radical (unpaired) electrons. The number of likely N-dealkylation sites (N-methyl/N-ethyl adjacent to an activating group) is 1. The van der Waals surface area contributed by atoms with Gasteiger partial charge in [-0.15, -0.1) is 0 Å². The van der Waals surface area contributed by atoms with E-state index in [9.17, 15) is 14.4 Å². The first kappa shape index (κ1) is 15.3. The fraction of sp³-hybridized carbons (Fsp3) is 0.750. The molecule has 1 rings (SSSR count). The van der Waals surface area contributed by atoms with Gasteiger partial charge >= 0.3 is 12.0 Å². The van der Waals surface area contributed by atoms with Crippen molar-refractivity contribution in [2.24, 2.45) is 0 Å². The molecule has 0 aromatic carbocycles. The molecule has 7 nitrogen and oxygen atoms in total. The van der Waals surface area contributed by atoms with Gasteiger partial charge in [-0.05, 0) is 12.8 Å². The van der Waals surface area contributed by atoms with Gasteiger partial charge in [0, 0.05) is 46.1 Å². The number of likely N-dealkylation sites (tertiary alicyclic amines) is 1. The molecule has 2 N–H and O–H groups in total. The number of carboxylic acids is 1. The lowest BCUT2D eigenvalue weighted by Crippen LogP contribution is -2.51. The van der Waals surface area contributed by atoms with Gasteiger partial charge in [-0.3, -0.25) is 9.59 Å². The first-order valence-electron chi connectivity index (χ1n) is 6.37. The number of piperidine rings is 1. The maximum absolute atomic E-state index is 11.8. The zero-order chi connectivity index (χ0) is 14.4. The third-order valence-corrected chi connectivity index (χ3v) is 3.19. The van der Waals surface area contributed by atoms with E-state index in [1.54, 1.807) is 19.0 Å². The van der Waals surface area contributed by atoms with E-state index in [1.807, 2.05) is 0 Å². The molecular formula is C12H21N3O4. The Labute approximate surface area is 112 Å². The molecule has 3 amide bonds. The highest BCUT2D eigenvalue weighted by atomic mass is 16.4. The minimum absolute atomic E-state index is 0.0304. The Balaban J connectivity index is 2.29. The van der Waals surface area contributed by atoms with E-state index in [0.717, 1.165) is 0 Å². The van der Waals surface area contributed by atoms with Crippen molar-refractivity contribution in [3.05, 3.63) is 0 Å². The van der Waals surface area contributed by atoms with E-state index in [1.165, 1.54) is 4.90 Å². The molecular weight excluding hydrogens is 250 g/mol. The number of urea groups is 1. The van der Waals surface area contributed by atoms with Gasteiger partial charge in [0.1, 0.15) is 0 Å². The molecule has 0 aromatic rings. The number of aliphatic carboxylic acids is 1. The van der Waals surface area contributed by atoms with Crippen molar-refractivity contribution in [3.8, 4) is 0 Å². The minimum atomic E-state index is -0.860. The SMILES string of the molecule is CN1CC(NC(=O)N(C)CCCC(=O)O)CCC1=O. The quantitative estimate of drug-likeness (QED) is 0.743. The third kappa shape index (κ3) is 5.15. The van der Waals surface area contributed by atoms with Crippen LogP contribution in [0.5, 0.6) is 0 Å². The molecule has 0 bridgehead atoms. The molecule has 1 aliphatic rings. The Morgan fingerprint density at radius 1 is 1.53 bits per heavy atom. The van der Waals surface area contributed by atoms with Gasteiger partial charge in [-0.2, -0.15) is 0 Å². The lowest BCUT2D eigenvalue weighted by molar-refractivity contribution is -0.137. The van der Waals surface area contributed by atoms with Gasteiger partial charge < -0.3 is 20.2 Å². The summed E-state index contributed by atoms with van der Waals surface area (Å²) in [5.41, 5.74) is 0. The molecule has 1 unspecified atom stereocenters. The van der Waals surface area contributed by atoms with Crippen LogP contribution in [0.15, 0.2) is 0 Å². The van der Waals surface area contributed by atoms with Crippen molar-refractivity contribution < 1.29 is 19.5 Å². The second-order valence-corrected chi connectivity index (χ2v) is 4.88. The Bertz CT molecular complexity index is 359. The lowest BCUT2D eigenvalue weighted by atomic mass is 10.1. The standard InChI is InChI=1S/C12H21N3O4/c1-14(7-3-4-11(17)18)12(19)13-9-5-6-10(16)15(2)8-9/h9H,3-8H2,1-2H3,(H,13,19)(H,17,18). The number of hydrogen-bond donors (Lipinski definition) is 2. The largest absolute Gasteiger partial charge is 0.481 e. The number of amides is 3. The molecule has 1 saturated heterocycles. The molecule has 1 atom stereocenters. The molecule has 19 heavy (non-hydrogen) atoms. The van der Waals surface area contributed by atoms with E-state index < -0.39 is 5.97 Å². The Hall–Kier alpha value is -1.79. The van der Waals surface area contributed by atoms with Gasteiger partial charge in [-0.25, -0.2) is 4.79 Å². The molecule has 0 aliphatic carbocycles. The molecule has 1 aliphatic heterocycles. The topological polar surface area (TPSA) is 90.0 Å². The summed E-state index contributed by atoms with van der Waals surface area (Å²) in [7, 11) is 3.35. The van der Waals surface area contributed by atoms with E-state index in [-0.39, 0.29) is 24.4 Å². The summed E-state index contributed by atoms with van der Waals surface area (Å²) >= 11 is 0. The van der Waals surface area contributed by atoms with E-state index in [2.05, 4.69) is 5.32 Å². The summed E-state index contributed by atoms with van der Waals surface area (Å²) in [6, 6.07) is -0.254. The molecule has 7 heteroatoms. The average Bonchev–Trinajstić information content (AvgIpc) is 2.33. The highest BCUT2D eigenvalue weighted by molar-refractivity contribution is 5.78. The van der Waals surface area contributed by atoms with E-state index in [4.69, 9.17) is 5.11 Å². The summed E-state index contributed by atoms with van der Waals surface area (Å²) < 4.78 is 0. The lowest BCUT2D eigenvalue weighted by Gasteiger charge is -2.31. The first-order chi connectivity index (χ1) is 8.90. The van der Waals surface area contributed by atoms with E-state index >= 15 is 0 Å². The monoisotopic (exact) mass is 271 g/mol. The average molecular weight is 271 g/mol. The van der Waals surface area contributed by atoms with E-state index in [0.29, 0.717) is 32.4 Å². The fourth-order valence-corrected chi connectivity index (χ4v) is 1.98. The Morgan fingerprint density at radius 2 is 2.21 bits per heavy atom. The van der Waals surface area contributed by atoms with Crippen molar-refractivity contribution >= 4 is 17.9 Å². The highest BCUT2D eigenvalue weighted by Crippen LogP contribution is 2.09. The fourth-order valence-electron chi connectivity index (χ4n) is 1.98. The number of carbonyl (C=O) groups excluding carboxylic acids is 2. The van der Waals surface area contributed by atoms with Gasteiger partial charge in [0.15, 0.2) is 0 Å². The minimum Gasteiger partial charge on any atom is -0.481 e. The van der Waals surface area contributed by atoms with Gasteiger partial charge in [-0.1, -0.05) is 0 Å². The van der Waals surface area contributed by atoms with Gasteiger partial charge in [0.25, 0.3) is 0 Å². The van der Waals surface area contributed by atoms with Crippen molar-refractivity contribution in [1.29, 1.82) is 0 Å². The van der Waals surface area contributed by atoms with Gasteiger partial charge in [0.05, 0.1) is 0 Å². The first-order valence-corrected chi connectivity index (χ1v) is 6.37. The number of nitrogens with zero attached hydrogens (tertiary/aromatic N) is 2. The second kappa shape index (κ2) is 6.96. The molecule has 108 valence electrons. The number of hydrogen-bond acceptors (Lipinski definition) is 3. The van der Waals surface area contributed by atoms with Crippen LogP contribution in [0, 0.1) is 0 Å². The van der Waals surface area contributed by atoms with Crippen LogP contribution in [-0.2, 0) is 9.59 Å². The maximum Gasteiger partial charge on any atom is 0.317 e. The number of rotatable bonds is 5. The smallest absolute Gasteiger partial charge is 0.317 e. The van der Waals surface area contributed by atoms with Crippen molar-refractivity contribution in [1.82, 2.24) is 15.1 Å². The second-order valence-electron chi connectivity index (χ2n) is 4.88. The number of carboxylic acid groups (broad SMARTS) is 1.